The van der Waals surface area contributed by atoms with Crippen molar-refractivity contribution in [3.05, 3.63) is 57.0 Å². The predicted octanol–water partition coefficient (Wildman–Crippen LogP) is 4.12. The van der Waals surface area contributed by atoms with Crippen LogP contribution in [0.2, 0.25) is 5.02 Å². The standard InChI is InChI=1S/C15H13BrClNO2/c16-13-6-12(17)3-2-11(13)8-18-7-10-1-4-14-15(5-10)20-9-19-14/h1-6,18H,7-9H2. The van der Waals surface area contributed by atoms with Gasteiger partial charge in [0.25, 0.3) is 0 Å². The third kappa shape index (κ3) is 3.08. The van der Waals surface area contributed by atoms with E-state index in [4.69, 9.17) is 21.1 Å². The van der Waals surface area contributed by atoms with Crippen LogP contribution in [0.3, 0.4) is 0 Å². The Bertz CT molecular complexity index is 633. The van der Waals surface area contributed by atoms with Crippen LogP contribution < -0.4 is 14.8 Å². The highest BCUT2D eigenvalue weighted by molar-refractivity contribution is 9.10. The van der Waals surface area contributed by atoms with Crippen LogP contribution in [0.5, 0.6) is 11.5 Å². The van der Waals surface area contributed by atoms with Crippen LogP contribution in [0.25, 0.3) is 0 Å². The summed E-state index contributed by atoms with van der Waals surface area (Å²) in [6.07, 6.45) is 0. The number of rotatable bonds is 4. The van der Waals surface area contributed by atoms with E-state index in [-0.39, 0.29) is 0 Å². The van der Waals surface area contributed by atoms with Gasteiger partial charge in [0, 0.05) is 22.6 Å². The zero-order valence-corrected chi connectivity index (χ0v) is 13.0. The Morgan fingerprint density at radius 1 is 1.05 bits per heavy atom. The molecule has 5 heteroatoms. The van der Waals surface area contributed by atoms with Gasteiger partial charge < -0.3 is 14.8 Å². The summed E-state index contributed by atoms with van der Waals surface area (Å²) in [5.41, 5.74) is 2.34. The molecule has 0 bridgehead atoms. The van der Waals surface area contributed by atoms with Gasteiger partial charge >= 0.3 is 0 Å². The van der Waals surface area contributed by atoms with Gasteiger partial charge in [-0.3, -0.25) is 0 Å². The molecule has 0 radical (unpaired) electrons. The maximum Gasteiger partial charge on any atom is 0.231 e. The smallest absolute Gasteiger partial charge is 0.231 e. The Labute approximate surface area is 131 Å². The van der Waals surface area contributed by atoms with E-state index >= 15 is 0 Å². The zero-order valence-electron chi connectivity index (χ0n) is 10.7. The van der Waals surface area contributed by atoms with Gasteiger partial charge in [-0.05, 0) is 35.4 Å². The number of hydrogen-bond acceptors (Lipinski definition) is 3. The Balaban J connectivity index is 1.60. The molecule has 1 aliphatic rings. The van der Waals surface area contributed by atoms with Gasteiger partial charge in [0.05, 0.1) is 0 Å². The first kappa shape index (κ1) is 13.7. The first-order chi connectivity index (χ1) is 9.72. The lowest BCUT2D eigenvalue weighted by Gasteiger charge is -2.08. The second-order valence-electron chi connectivity index (χ2n) is 4.53. The highest BCUT2D eigenvalue weighted by Gasteiger charge is 2.12. The van der Waals surface area contributed by atoms with E-state index in [9.17, 15) is 0 Å². The molecule has 0 unspecified atom stereocenters. The van der Waals surface area contributed by atoms with Crippen molar-refractivity contribution in [2.45, 2.75) is 13.1 Å². The highest BCUT2D eigenvalue weighted by atomic mass is 79.9. The number of nitrogens with one attached hydrogen (secondary N) is 1. The summed E-state index contributed by atoms with van der Waals surface area (Å²) >= 11 is 9.44. The Morgan fingerprint density at radius 2 is 1.90 bits per heavy atom. The quantitative estimate of drug-likeness (QED) is 0.896. The monoisotopic (exact) mass is 353 g/mol. The van der Waals surface area contributed by atoms with Crippen molar-refractivity contribution in [1.82, 2.24) is 5.32 Å². The fraction of sp³-hybridized carbons (Fsp3) is 0.200. The molecule has 2 aromatic carbocycles. The van der Waals surface area contributed by atoms with Crippen molar-refractivity contribution < 1.29 is 9.47 Å². The molecule has 0 amide bonds. The average molecular weight is 355 g/mol. The fourth-order valence-corrected chi connectivity index (χ4v) is 2.88. The molecule has 1 aliphatic heterocycles. The average Bonchev–Trinajstić information content (AvgIpc) is 2.89. The van der Waals surface area contributed by atoms with Gasteiger partial charge in [-0.25, -0.2) is 0 Å². The number of benzene rings is 2. The van der Waals surface area contributed by atoms with Crippen LogP contribution in [-0.4, -0.2) is 6.79 Å². The third-order valence-corrected chi connectivity index (χ3v) is 4.07. The number of hydrogen-bond donors (Lipinski definition) is 1. The van der Waals surface area contributed by atoms with Crippen molar-refractivity contribution in [1.29, 1.82) is 0 Å². The molecular formula is C15H13BrClNO2. The molecule has 2 aromatic rings. The topological polar surface area (TPSA) is 30.5 Å². The Morgan fingerprint density at radius 3 is 2.75 bits per heavy atom. The molecule has 0 saturated heterocycles. The number of halogens is 2. The molecule has 104 valence electrons. The lowest BCUT2D eigenvalue weighted by molar-refractivity contribution is 0.174. The molecule has 1 N–H and O–H groups in total. The van der Waals surface area contributed by atoms with Crippen molar-refractivity contribution in [3.63, 3.8) is 0 Å². The van der Waals surface area contributed by atoms with Crippen molar-refractivity contribution in [2.24, 2.45) is 0 Å². The maximum atomic E-state index is 5.92. The van der Waals surface area contributed by atoms with Gasteiger partial charge in [-0.1, -0.05) is 39.7 Å². The minimum Gasteiger partial charge on any atom is -0.454 e. The van der Waals surface area contributed by atoms with Crippen LogP contribution in [0, 0.1) is 0 Å². The van der Waals surface area contributed by atoms with E-state index in [2.05, 4.69) is 21.2 Å². The molecule has 20 heavy (non-hydrogen) atoms. The number of ether oxygens (including phenoxy) is 2. The summed E-state index contributed by atoms with van der Waals surface area (Å²) < 4.78 is 11.7. The van der Waals surface area contributed by atoms with Gasteiger partial charge in [0.15, 0.2) is 11.5 Å². The van der Waals surface area contributed by atoms with Crippen molar-refractivity contribution in [3.8, 4) is 11.5 Å². The zero-order chi connectivity index (χ0) is 13.9. The SMILES string of the molecule is Clc1ccc(CNCc2ccc3c(c2)OCO3)c(Br)c1. The predicted molar refractivity (Wildman–Crippen MR) is 82.3 cm³/mol. The van der Waals surface area contributed by atoms with Crippen LogP contribution in [0.1, 0.15) is 11.1 Å². The lowest BCUT2D eigenvalue weighted by Crippen LogP contribution is -2.12. The molecule has 0 atom stereocenters. The van der Waals surface area contributed by atoms with Gasteiger partial charge in [-0.15, -0.1) is 0 Å². The Hall–Kier alpha value is -1.23. The largest absolute Gasteiger partial charge is 0.454 e. The van der Waals surface area contributed by atoms with Crippen molar-refractivity contribution >= 4 is 27.5 Å². The van der Waals surface area contributed by atoms with Crippen molar-refractivity contribution in [2.75, 3.05) is 6.79 Å². The highest BCUT2D eigenvalue weighted by Crippen LogP contribution is 2.32. The van der Waals surface area contributed by atoms with E-state index in [0.29, 0.717) is 6.79 Å². The van der Waals surface area contributed by atoms with Gasteiger partial charge in [0.2, 0.25) is 6.79 Å². The van der Waals surface area contributed by atoms with E-state index in [1.165, 1.54) is 11.1 Å². The third-order valence-electron chi connectivity index (χ3n) is 3.10. The molecule has 0 saturated carbocycles. The molecule has 3 nitrogen and oxygen atoms in total. The second-order valence-corrected chi connectivity index (χ2v) is 5.82. The number of fused-ring (bicyclic) bond motifs is 1. The summed E-state index contributed by atoms with van der Waals surface area (Å²) in [4.78, 5) is 0. The fourth-order valence-electron chi connectivity index (χ4n) is 2.06. The Kier molecular flexibility index (Phi) is 4.15. The first-order valence-electron chi connectivity index (χ1n) is 6.25. The van der Waals surface area contributed by atoms with Gasteiger partial charge in [0.1, 0.15) is 0 Å². The summed E-state index contributed by atoms with van der Waals surface area (Å²) in [6.45, 7) is 1.85. The molecule has 0 spiro atoms. The van der Waals surface area contributed by atoms with E-state index in [0.717, 1.165) is 34.1 Å². The summed E-state index contributed by atoms with van der Waals surface area (Å²) in [6, 6.07) is 11.8. The van der Waals surface area contributed by atoms with Gasteiger partial charge in [-0.2, -0.15) is 0 Å². The maximum absolute atomic E-state index is 5.92. The molecule has 1 heterocycles. The van der Waals surface area contributed by atoms with Crippen LogP contribution in [0.4, 0.5) is 0 Å². The molecule has 0 aliphatic carbocycles. The summed E-state index contributed by atoms with van der Waals surface area (Å²) in [7, 11) is 0. The molecule has 0 fully saturated rings. The minimum atomic E-state index is 0.309. The summed E-state index contributed by atoms with van der Waals surface area (Å²) in [5.74, 6) is 1.63. The van der Waals surface area contributed by atoms with E-state index in [1.54, 1.807) is 0 Å². The molecule has 3 rings (SSSR count). The summed E-state index contributed by atoms with van der Waals surface area (Å²) in [5, 5.41) is 4.13. The normalized spacial score (nSPS) is 12.7. The lowest BCUT2D eigenvalue weighted by atomic mass is 10.2. The second kappa shape index (κ2) is 6.04. The van der Waals surface area contributed by atoms with Crippen LogP contribution in [-0.2, 0) is 13.1 Å². The van der Waals surface area contributed by atoms with E-state index < -0.39 is 0 Å². The first-order valence-corrected chi connectivity index (χ1v) is 7.42. The molecular weight excluding hydrogens is 342 g/mol. The van der Waals surface area contributed by atoms with Crippen LogP contribution in [0.15, 0.2) is 40.9 Å². The minimum absolute atomic E-state index is 0.309. The van der Waals surface area contributed by atoms with Crippen LogP contribution >= 0.6 is 27.5 Å². The van der Waals surface area contributed by atoms with E-state index in [1.807, 2.05) is 36.4 Å². The molecule has 0 aromatic heterocycles.